The third-order valence-electron chi connectivity index (χ3n) is 3.97. The number of aryl methyl sites for hydroxylation is 3. The average molecular weight is 343 g/mol. The van der Waals surface area contributed by atoms with E-state index in [1.54, 1.807) is 11.3 Å². The van der Waals surface area contributed by atoms with Gasteiger partial charge in [-0.05, 0) is 69.0 Å². The molecule has 0 aliphatic rings. The molecule has 0 unspecified atom stereocenters. The van der Waals surface area contributed by atoms with Crippen molar-refractivity contribution in [2.75, 3.05) is 13.2 Å². The van der Waals surface area contributed by atoms with E-state index in [1.807, 2.05) is 25.1 Å². The Kier molecular flexibility index (Phi) is 6.44. The van der Waals surface area contributed by atoms with Crippen LogP contribution in [0.1, 0.15) is 34.2 Å². The maximum absolute atomic E-state index is 9.19. The molecule has 3 N–H and O–H groups in total. The number of aliphatic hydroxyl groups is 1. The Morgan fingerprint density at radius 2 is 2.00 bits per heavy atom. The molecule has 1 aromatic heterocycles. The molecule has 0 aliphatic carbocycles. The number of nitrogens with two attached hydrogens (primary N) is 1. The maximum Gasteiger partial charge on any atom is 0.149 e. The van der Waals surface area contributed by atoms with Crippen molar-refractivity contribution in [1.82, 2.24) is 0 Å². The molecule has 0 spiro atoms. The number of aliphatic hydroxyl groups excluding tert-OH is 1. The molecule has 0 saturated heterocycles. The van der Waals surface area contributed by atoms with Gasteiger partial charge in [0, 0.05) is 10.4 Å². The molecule has 0 radical (unpaired) electrons. The van der Waals surface area contributed by atoms with Gasteiger partial charge in [0.05, 0.1) is 11.5 Å². The van der Waals surface area contributed by atoms with Gasteiger partial charge in [0.2, 0.25) is 0 Å². The summed E-state index contributed by atoms with van der Waals surface area (Å²) in [7, 11) is 0. The quantitative estimate of drug-likeness (QED) is 0.790. The third-order valence-corrected chi connectivity index (χ3v) is 5.03. The van der Waals surface area contributed by atoms with Gasteiger partial charge in [-0.15, -0.1) is 11.3 Å². The van der Waals surface area contributed by atoms with Crippen LogP contribution >= 0.6 is 11.3 Å². The second-order valence-electron chi connectivity index (χ2n) is 6.41. The van der Waals surface area contributed by atoms with Crippen molar-refractivity contribution in [2.45, 2.75) is 39.2 Å². The van der Waals surface area contributed by atoms with Gasteiger partial charge in [-0.1, -0.05) is 17.9 Å². The highest BCUT2D eigenvalue weighted by Gasteiger charge is 2.16. The Hall–Kier alpha value is -1.80. The summed E-state index contributed by atoms with van der Waals surface area (Å²) in [5, 5.41) is 9.19. The van der Waals surface area contributed by atoms with Crippen LogP contribution < -0.4 is 10.5 Å². The number of hydrogen-bond acceptors (Lipinski definition) is 4. The topological polar surface area (TPSA) is 55.5 Å². The first-order valence-corrected chi connectivity index (χ1v) is 8.89. The molecule has 4 heteroatoms. The van der Waals surface area contributed by atoms with Crippen molar-refractivity contribution in [2.24, 2.45) is 5.73 Å². The van der Waals surface area contributed by atoms with Gasteiger partial charge in [0.1, 0.15) is 12.4 Å². The van der Waals surface area contributed by atoms with Crippen LogP contribution in [-0.4, -0.2) is 23.9 Å². The lowest BCUT2D eigenvalue weighted by Crippen LogP contribution is -2.40. The number of thiophene rings is 1. The Bertz CT molecular complexity index is 738. The van der Waals surface area contributed by atoms with Gasteiger partial charge in [-0.25, -0.2) is 0 Å². The van der Waals surface area contributed by atoms with E-state index in [0.717, 1.165) is 23.5 Å². The molecular weight excluding hydrogens is 318 g/mol. The highest BCUT2D eigenvalue weighted by atomic mass is 32.1. The summed E-state index contributed by atoms with van der Waals surface area (Å²) in [4.78, 5) is 2.26. The van der Waals surface area contributed by atoms with Crippen LogP contribution in [0.5, 0.6) is 5.75 Å². The molecule has 0 fully saturated rings. The Balaban J connectivity index is 1.84. The minimum Gasteiger partial charge on any atom is -0.481 e. The monoisotopic (exact) mass is 343 g/mol. The van der Waals surface area contributed by atoms with Crippen molar-refractivity contribution in [3.8, 4) is 17.6 Å². The number of ether oxygens (including phenoxy) is 1. The molecule has 0 saturated carbocycles. The molecule has 128 valence electrons. The summed E-state index contributed by atoms with van der Waals surface area (Å²) in [5.74, 6) is 7.04. The minimum atomic E-state index is -0.518. The van der Waals surface area contributed by atoms with E-state index in [4.69, 9.17) is 10.5 Å². The lowest BCUT2D eigenvalue weighted by Gasteiger charge is -2.20. The summed E-state index contributed by atoms with van der Waals surface area (Å²) in [6.07, 6.45) is 1.62. The van der Waals surface area contributed by atoms with Crippen molar-refractivity contribution < 1.29 is 9.84 Å². The standard InChI is InChI=1S/C20H25NO2S/c1-15-6-7-17(13-16(15)2)23-12-4-5-18-8-9-19(24-18)10-11-20(3,21)14-22/h6-9,13,22H,10-12,14,21H2,1-3H3/t20-/m1/s1. The second kappa shape index (κ2) is 8.34. The molecule has 1 aromatic carbocycles. The zero-order chi connectivity index (χ0) is 17.6. The van der Waals surface area contributed by atoms with E-state index < -0.39 is 5.54 Å². The average Bonchev–Trinajstić information content (AvgIpc) is 3.01. The minimum absolute atomic E-state index is 0.000855. The van der Waals surface area contributed by atoms with Crippen molar-refractivity contribution in [3.05, 3.63) is 51.2 Å². The summed E-state index contributed by atoms with van der Waals surface area (Å²) < 4.78 is 5.66. The first-order chi connectivity index (χ1) is 11.4. The molecule has 3 nitrogen and oxygen atoms in total. The zero-order valence-corrected chi connectivity index (χ0v) is 15.4. The fourth-order valence-corrected chi connectivity index (χ4v) is 3.00. The lowest BCUT2D eigenvalue weighted by molar-refractivity contribution is 0.201. The molecule has 0 amide bonds. The van der Waals surface area contributed by atoms with Gasteiger partial charge < -0.3 is 15.6 Å². The summed E-state index contributed by atoms with van der Waals surface area (Å²) in [6, 6.07) is 10.2. The predicted molar refractivity (Wildman–Crippen MR) is 101 cm³/mol. The van der Waals surface area contributed by atoms with E-state index >= 15 is 0 Å². The SMILES string of the molecule is Cc1ccc(OCC#Cc2ccc(CC[C@@](C)(N)CO)s2)cc1C. The summed E-state index contributed by atoms with van der Waals surface area (Å²) in [5.41, 5.74) is 7.92. The van der Waals surface area contributed by atoms with Crippen molar-refractivity contribution in [1.29, 1.82) is 0 Å². The molecule has 24 heavy (non-hydrogen) atoms. The molecule has 0 bridgehead atoms. The predicted octanol–water partition coefficient (Wildman–Crippen LogP) is 3.44. The van der Waals surface area contributed by atoms with E-state index in [0.29, 0.717) is 6.61 Å². The third kappa shape index (κ3) is 5.68. The van der Waals surface area contributed by atoms with E-state index in [2.05, 4.69) is 37.8 Å². The molecular formula is C20H25NO2S. The highest BCUT2D eigenvalue weighted by Crippen LogP contribution is 2.20. The molecule has 1 heterocycles. The van der Waals surface area contributed by atoms with Crippen LogP contribution in [0.4, 0.5) is 0 Å². The van der Waals surface area contributed by atoms with Gasteiger partial charge in [0.15, 0.2) is 0 Å². The smallest absolute Gasteiger partial charge is 0.149 e. The Labute approximate surface area is 148 Å². The molecule has 0 aliphatic heterocycles. The van der Waals surface area contributed by atoms with Crippen molar-refractivity contribution in [3.63, 3.8) is 0 Å². The fraction of sp³-hybridized carbons (Fsp3) is 0.400. The van der Waals surface area contributed by atoms with Crippen molar-refractivity contribution >= 4 is 11.3 Å². The fourth-order valence-electron chi connectivity index (χ4n) is 2.11. The van der Waals surface area contributed by atoms with Crippen LogP contribution in [-0.2, 0) is 6.42 Å². The molecule has 2 aromatic rings. The first kappa shape index (κ1) is 18.5. The van der Waals surface area contributed by atoms with Crippen LogP contribution in [0, 0.1) is 25.7 Å². The van der Waals surface area contributed by atoms with Crippen LogP contribution in [0.15, 0.2) is 30.3 Å². The van der Waals surface area contributed by atoms with E-state index in [-0.39, 0.29) is 6.61 Å². The summed E-state index contributed by atoms with van der Waals surface area (Å²) >= 11 is 1.67. The normalized spacial score (nSPS) is 13.0. The van der Waals surface area contributed by atoms with E-state index in [1.165, 1.54) is 16.0 Å². The maximum atomic E-state index is 9.19. The zero-order valence-electron chi connectivity index (χ0n) is 14.6. The second-order valence-corrected chi connectivity index (χ2v) is 7.58. The number of hydrogen-bond donors (Lipinski definition) is 2. The molecule has 1 atom stereocenters. The number of benzene rings is 1. The number of rotatable bonds is 6. The van der Waals surface area contributed by atoms with Crippen LogP contribution in [0.25, 0.3) is 0 Å². The van der Waals surface area contributed by atoms with Crippen LogP contribution in [0.3, 0.4) is 0 Å². The lowest BCUT2D eigenvalue weighted by atomic mass is 9.98. The highest BCUT2D eigenvalue weighted by molar-refractivity contribution is 7.12. The van der Waals surface area contributed by atoms with E-state index in [9.17, 15) is 5.11 Å². The Morgan fingerprint density at radius 3 is 2.71 bits per heavy atom. The first-order valence-electron chi connectivity index (χ1n) is 8.07. The van der Waals surface area contributed by atoms with Crippen LogP contribution in [0.2, 0.25) is 0 Å². The largest absolute Gasteiger partial charge is 0.481 e. The Morgan fingerprint density at radius 1 is 1.21 bits per heavy atom. The van der Waals surface area contributed by atoms with Gasteiger partial charge in [-0.3, -0.25) is 0 Å². The van der Waals surface area contributed by atoms with Gasteiger partial charge >= 0.3 is 0 Å². The molecule has 2 rings (SSSR count). The van der Waals surface area contributed by atoms with Gasteiger partial charge in [0.25, 0.3) is 0 Å². The van der Waals surface area contributed by atoms with Gasteiger partial charge in [-0.2, -0.15) is 0 Å². The summed E-state index contributed by atoms with van der Waals surface area (Å²) in [6.45, 7) is 6.40.